The maximum absolute atomic E-state index is 12.0. The van der Waals surface area contributed by atoms with Crippen LogP contribution in [0.25, 0.3) is 10.4 Å². The Kier molecular flexibility index (Phi) is 5.33. The molecule has 2 heterocycles. The molecule has 0 radical (unpaired) electrons. The van der Waals surface area contributed by atoms with E-state index >= 15 is 0 Å². The number of esters is 1. The Morgan fingerprint density at radius 3 is 2.65 bits per heavy atom. The fraction of sp³-hybridized carbons (Fsp3) is 0.167. The predicted molar refractivity (Wildman–Crippen MR) is 99.7 cm³/mol. The van der Waals surface area contributed by atoms with Gasteiger partial charge in [-0.2, -0.15) is 0 Å². The summed E-state index contributed by atoms with van der Waals surface area (Å²) in [6.07, 6.45) is 2.56. The lowest BCUT2D eigenvalue weighted by atomic mass is 10.1. The van der Waals surface area contributed by atoms with E-state index in [1.165, 1.54) is 31.0 Å². The summed E-state index contributed by atoms with van der Waals surface area (Å²) in [6.45, 7) is 2.66. The molecule has 2 aromatic heterocycles. The molecular formula is C18H17N3O4S. The first-order valence-electron chi connectivity index (χ1n) is 7.88. The fourth-order valence-corrected chi connectivity index (χ4v) is 3.40. The van der Waals surface area contributed by atoms with E-state index < -0.39 is 0 Å². The first-order valence-corrected chi connectivity index (χ1v) is 8.70. The van der Waals surface area contributed by atoms with Crippen molar-refractivity contribution < 1.29 is 18.7 Å². The van der Waals surface area contributed by atoms with Crippen molar-refractivity contribution in [3.8, 4) is 10.4 Å². The molecule has 0 unspecified atom stereocenters. The van der Waals surface area contributed by atoms with Gasteiger partial charge in [0.1, 0.15) is 4.88 Å². The molecule has 0 aliphatic rings. The van der Waals surface area contributed by atoms with Gasteiger partial charge in [-0.25, -0.2) is 9.78 Å². The molecule has 8 heteroatoms. The van der Waals surface area contributed by atoms with E-state index in [9.17, 15) is 9.59 Å². The number of hydrogen-bond acceptors (Lipinski definition) is 7. The van der Waals surface area contributed by atoms with E-state index in [-0.39, 0.29) is 17.6 Å². The van der Waals surface area contributed by atoms with E-state index in [0.717, 1.165) is 16.1 Å². The molecule has 0 saturated carbocycles. The molecule has 0 atom stereocenters. The fourth-order valence-electron chi connectivity index (χ4n) is 2.34. The average Bonchev–Trinajstić information content (AvgIpc) is 3.32. The molecule has 0 aliphatic carbocycles. The molecule has 2 N–H and O–H groups in total. The second kappa shape index (κ2) is 7.83. The highest BCUT2D eigenvalue weighted by Crippen LogP contribution is 2.35. The number of anilines is 2. The molecule has 1 amide bonds. The highest BCUT2D eigenvalue weighted by Gasteiger charge is 2.17. The maximum Gasteiger partial charge on any atom is 0.350 e. The Balaban J connectivity index is 1.80. The van der Waals surface area contributed by atoms with Gasteiger partial charge in [-0.3, -0.25) is 4.79 Å². The van der Waals surface area contributed by atoms with Crippen LogP contribution in [-0.4, -0.2) is 30.5 Å². The summed E-state index contributed by atoms with van der Waals surface area (Å²) in [6, 6.07) is 9.24. The van der Waals surface area contributed by atoms with E-state index in [0.29, 0.717) is 17.1 Å². The normalized spacial score (nSPS) is 10.4. The first-order chi connectivity index (χ1) is 12.6. The summed E-state index contributed by atoms with van der Waals surface area (Å²) in [5, 5.41) is 5.90. The molecule has 7 nitrogen and oxygen atoms in total. The summed E-state index contributed by atoms with van der Waals surface area (Å²) in [4.78, 5) is 29.1. The summed E-state index contributed by atoms with van der Waals surface area (Å²) in [5.41, 5.74) is 2.32. The lowest BCUT2D eigenvalue weighted by molar-refractivity contribution is 0.0607. The van der Waals surface area contributed by atoms with Crippen molar-refractivity contribution in [2.24, 2.45) is 0 Å². The van der Waals surface area contributed by atoms with Crippen LogP contribution in [-0.2, 0) is 4.74 Å². The number of benzene rings is 1. The van der Waals surface area contributed by atoms with Crippen LogP contribution in [0.2, 0.25) is 0 Å². The highest BCUT2D eigenvalue weighted by atomic mass is 32.1. The van der Waals surface area contributed by atoms with Gasteiger partial charge in [-0.15, -0.1) is 11.3 Å². The van der Waals surface area contributed by atoms with E-state index in [1.54, 1.807) is 12.1 Å². The van der Waals surface area contributed by atoms with Crippen LogP contribution >= 0.6 is 11.3 Å². The van der Waals surface area contributed by atoms with Crippen LogP contribution in [0.4, 0.5) is 11.4 Å². The van der Waals surface area contributed by atoms with Gasteiger partial charge < -0.3 is 19.8 Å². The molecule has 1 aromatic carbocycles. The van der Waals surface area contributed by atoms with Gasteiger partial charge in [-0.05, 0) is 30.7 Å². The number of rotatable bonds is 6. The van der Waals surface area contributed by atoms with Crippen molar-refractivity contribution in [1.29, 1.82) is 0 Å². The molecule has 26 heavy (non-hydrogen) atoms. The second-order valence-electron chi connectivity index (χ2n) is 5.27. The van der Waals surface area contributed by atoms with E-state index in [4.69, 9.17) is 9.15 Å². The first kappa shape index (κ1) is 17.7. The largest absolute Gasteiger partial charge is 0.465 e. The molecule has 134 valence electrons. The van der Waals surface area contributed by atoms with Crippen LogP contribution in [0.15, 0.2) is 47.3 Å². The smallest absolute Gasteiger partial charge is 0.350 e. The van der Waals surface area contributed by atoms with E-state index in [2.05, 4.69) is 15.6 Å². The summed E-state index contributed by atoms with van der Waals surface area (Å²) in [7, 11) is 1.36. The minimum absolute atomic E-state index is 0.144. The minimum Gasteiger partial charge on any atom is -0.465 e. The third-order valence-corrected chi connectivity index (χ3v) is 4.72. The molecule has 0 saturated heterocycles. The zero-order chi connectivity index (χ0) is 18.5. The third kappa shape index (κ3) is 3.75. The topological polar surface area (TPSA) is 93.5 Å². The standard InChI is InChI=1S/C18H17N3O4S/c1-3-20-13-8-15(26-16(13)18(23)24-2)11-4-6-12(7-5-11)21-17(22)14-9-19-10-25-14/h4-10,20H,3H2,1-2H3,(H,21,22). The number of thiophene rings is 1. The highest BCUT2D eigenvalue weighted by molar-refractivity contribution is 7.18. The summed E-state index contributed by atoms with van der Waals surface area (Å²) in [5.74, 6) is -0.591. The number of carbonyl (C=O) groups excluding carboxylic acids is 2. The lowest BCUT2D eigenvalue weighted by Crippen LogP contribution is -2.10. The Bertz CT molecular complexity index is 901. The number of hydrogen-bond donors (Lipinski definition) is 2. The number of ether oxygens (including phenoxy) is 1. The SMILES string of the molecule is CCNc1cc(-c2ccc(NC(=O)c3cnco3)cc2)sc1C(=O)OC. The predicted octanol–water partition coefficient (Wildman–Crippen LogP) is 3.87. The number of aromatic nitrogens is 1. The van der Waals surface area contributed by atoms with Crippen molar-refractivity contribution in [3.05, 3.63) is 53.6 Å². The zero-order valence-electron chi connectivity index (χ0n) is 14.2. The number of oxazole rings is 1. The zero-order valence-corrected chi connectivity index (χ0v) is 15.1. The van der Waals surface area contributed by atoms with Gasteiger partial charge in [-0.1, -0.05) is 12.1 Å². The molecule has 3 rings (SSSR count). The van der Waals surface area contributed by atoms with E-state index in [1.807, 2.05) is 25.1 Å². The summed E-state index contributed by atoms with van der Waals surface area (Å²) >= 11 is 1.36. The van der Waals surface area contributed by atoms with Crippen LogP contribution in [0, 0.1) is 0 Å². The molecule has 0 bridgehead atoms. The third-order valence-electron chi connectivity index (χ3n) is 3.55. The number of amides is 1. The Labute approximate surface area is 154 Å². The van der Waals surface area contributed by atoms with Crippen molar-refractivity contribution in [2.45, 2.75) is 6.92 Å². The van der Waals surface area contributed by atoms with Gasteiger partial charge >= 0.3 is 5.97 Å². The maximum atomic E-state index is 12.0. The van der Waals surface area contributed by atoms with Gasteiger partial charge in [0.05, 0.1) is 19.0 Å². The summed E-state index contributed by atoms with van der Waals surface area (Å²) < 4.78 is 9.80. The van der Waals surface area contributed by atoms with Gasteiger partial charge in [0.25, 0.3) is 5.91 Å². The minimum atomic E-state index is -0.367. The molecule has 0 aliphatic heterocycles. The average molecular weight is 371 g/mol. The number of nitrogens with one attached hydrogen (secondary N) is 2. The molecular weight excluding hydrogens is 354 g/mol. The Morgan fingerprint density at radius 1 is 1.27 bits per heavy atom. The molecule has 3 aromatic rings. The molecule has 0 fully saturated rings. The monoisotopic (exact) mass is 371 g/mol. The quantitative estimate of drug-likeness (QED) is 0.639. The second-order valence-corrected chi connectivity index (χ2v) is 6.32. The molecule has 0 spiro atoms. The van der Waals surface area contributed by atoms with Crippen LogP contribution in [0.1, 0.15) is 27.2 Å². The van der Waals surface area contributed by atoms with Crippen molar-refractivity contribution in [2.75, 3.05) is 24.3 Å². The van der Waals surface area contributed by atoms with Gasteiger partial charge in [0.2, 0.25) is 5.76 Å². The Morgan fingerprint density at radius 2 is 2.04 bits per heavy atom. The van der Waals surface area contributed by atoms with Gasteiger partial charge in [0, 0.05) is 17.1 Å². The Hall–Kier alpha value is -3.13. The lowest BCUT2D eigenvalue weighted by Gasteiger charge is -2.04. The van der Waals surface area contributed by atoms with Gasteiger partial charge in [0.15, 0.2) is 6.39 Å². The number of carbonyl (C=O) groups is 2. The number of nitrogens with zero attached hydrogens (tertiary/aromatic N) is 1. The van der Waals surface area contributed by atoms with Crippen molar-refractivity contribution in [3.63, 3.8) is 0 Å². The van der Waals surface area contributed by atoms with Crippen molar-refractivity contribution in [1.82, 2.24) is 4.98 Å². The van der Waals surface area contributed by atoms with Crippen LogP contribution in [0.3, 0.4) is 0 Å². The van der Waals surface area contributed by atoms with Crippen LogP contribution < -0.4 is 10.6 Å². The number of methoxy groups -OCH3 is 1. The van der Waals surface area contributed by atoms with Crippen molar-refractivity contribution >= 4 is 34.6 Å². The van der Waals surface area contributed by atoms with Crippen LogP contribution in [0.5, 0.6) is 0 Å².